The molecule has 0 aromatic heterocycles. The Balaban J connectivity index is 2.08. The van der Waals surface area contributed by atoms with E-state index in [1.165, 1.54) is 12.1 Å². The van der Waals surface area contributed by atoms with E-state index in [0.29, 0.717) is 6.54 Å². The average Bonchev–Trinajstić information content (AvgIpc) is 2.38. The lowest BCUT2D eigenvalue weighted by Crippen LogP contribution is -2.01. The molecule has 0 unspecified atom stereocenters. The van der Waals surface area contributed by atoms with Crippen molar-refractivity contribution in [2.24, 2.45) is 0 Å². The van der Waals surface area contributed by atoms with Crippen LogP contribution in [-0.2, 0) is 6.54 Å². The van der Waals surface area contributed by atoms with E-state index in [4.69, 9.17) is 0 Å². The molecule has 0 saturated heterocycles. The van der Waals surface area contributed by atoms with Crippen LogP contribution in [-0.4, -0.2) is 5.11 Å². The van der Waals surface area contributed by atoms with Gasteiger partial charge in [-0.3, -0.25) is 0 Å². The summed E-state index contributed by atoms with van der Waals surface area (Å²) in [5.41, 5.74) is 2.61. The molecule has 0 aliphatic carbocycles. The molecule has 4 heteroatoms. The van der Waals surface area contributed by atoms with Gasteiger partial charge in [-0.2, -0.15) is 0 Å². The van der Waals surface area contributed by atoms with Gasteiger partial charge in [0.25, 0.3) is 6.43 Å². The average molecular weight is 263 g/mol. The Kier molecular flexibility index (Phi) is 4.00. The van der Waals surface area contributed by atoms with Crippen molar-refractivity contribution in [3.63, 3.8) is 0 Å². The van der Waals surface area contributed by atoms with Crippen molar-refractivity contribution in [2.45, 2.75) is 19.9 Å². The molecule has 0 amide bonds. The number of aryl methyl sites for hydroxylation is 1. The van der Waals surface area contributed by atoms with E-state index < -0.39 is 6.43 Å². The number of benzene rings is 2. The number of anilines is 1. The largest absolute Gasteiger partial charge is 0.508 e. The van der Waals surface area contributed by atoms with Crippen LogP contribution in [0, 0.1) is 6.92 Å². The van der Waals surface area contributed by atoms with Crippen LogP contribution in [0.2, 0.25) is 0 Å². The fourth-order valence-electron chi connectivity index (χ4n) is 1.88. The standard InChI is InChI=1S/C15H15F2NO/c1-10-7-13(19)5-6-14(10)18-9-11-3-2-4-12(8-11)15(16)17/h2-8,15,18-19H,9H2,1H3. The van der Waals surface area contributed by atoms with Crippen molar-refractivity contribution in [3.05, 3.63) is 59.2 Å². The van der Waals surface area contributed by atoms with Crippen LogP contribution in [0.1, 0.15) is 23.1 Å². The third-order valence-electron chi connectivity index (χ3n) is 2.90. The van der Waals surface area contributed by atoms with Crippen LogP contribution in [0.4, 0.5) is 14.5 Å². The molecule has 0 radical (unpaired) electrons. The molecule has 0 atom stereocenters. The van der Waals surface area contributed by atoms with Gasteiger partial charge < -0.3 is 10.4 Å². The van der Waals surface area contributed by atoms with Crippen LogP contribution in [0.15, 0.2) is 42.5 Å². The predicted octanol–water partition coefficient (Wildman–Crippen LogP) is 4.25. The third kappa shape index (κ3) is 3.44. The molecule has 0 aliphatic heterocycles. The van der Waals surface area contributed by atoms with E-state index in [1.54, 1.807) is 30.3 Å². The highest BCUT2D eigenvalue weighted by Crippen LogP contribution is 2.22. The lowest BCUT2D eigenvalue weighted by molar-refractivity contribution is 0.151. The summed E-state index contributed by atoms with van der Waals surface area (Å²) in [6.07, 6.45) is -2.45. The Morgan fingerprint density at radius 2 is 1.95 bits per heavy atom. The van der Waals surface area contributed by atoms with Gasteiger partial charge in [0.1, 0.15) is 5.75 Å². The summed E-state index contributed by atoms with van der Waals surface area (Å²) in [6, 6.07) is 11.3. The molecular formula is C15H15F2NO. The second-order valence-corrected chi connectivity index (χ2v) is 4.40. The van der Waals surface area contributed by atoms with Gasteiger partial charge in [0.2, 0.25) is 0 Å². The Bertz CT molecular complexity index is 570. The van der Waals surface area contributed by atoms with E-state index in [1.807, 2.05) is 6.92 Å². The number of phenols is 1. The topological polar surface area (TPSA) is 32.3 Å². The zero-order valence-corrected chi connectivity index (χ0v) is 10.5. The maximum absolute atomic E-state index is 12.6. The van der Waals surface area contributed by atoms with E-state index in [9.17, 15) is 13.9 Å². The first-order chi connectivity index (χ1) is 9.06. The number of nitrogens with one attached hydrogen (secondary N) is 1. The Morgan fingerprint density at radius 1 is 1.16 bits per heavy atom. The highest BCUT2D eigenvalue weighted by atomic mass is 19.3. The first-order valence-corrected chi connectivity index (χ1v) is 5.97. The molecule has 2 rings (SSSR count). The molecule has 2 nitrogen and oxygen atoms in total. The van der Waals surface area contributed by atoms with Crippen molar-refractivity contribution in [1.29, 1.82) is 0 Å². The molecule has 2 N–H and O–H groups in total. The maximum Gasteiger partial charge on any atom is 0.263 e. The minimum absolute atomic E-state index is 0.0294. The van der Waals surface area contributed by atoms with E-state index in [-0.39, 0.29) is 11.3 Å². The van der Waals surface area contributed by atoms with Gasteiger partial charge in [-0.05, 0) is 42.3 Å². The summed E-state index contributed by atoms with van der Waals surface area (Å²) in [5, 5.41) is 12.5. The maximum atomic E-state index is 12.6. The predicted molar refractivity (Wildman–Crippen MR) is 71.6 cm³/mol. The van der Waals surface area contributed by atoms with Crippen molar-refractivity contribution >= 4 is 5.69 Å². The minimum atomic E-state index is -2.45. The van der Waals surface area contributed by atoms with E-state index in [2.05, 4.69) is 5.32 Å². The Labute approximate surface area is 110 Å². The highest BCUT2D eigenvalue weighted by Gasteiger charge is 2.07. The Hall–Kier alpha value is -2.10. The van der Waals surface area contributed by atoms with E-state index in [0.717, 1.165) is 16.8 Å². The Morgan fingerprint density at radius 3 is 2.63 bits per heavy atom. The van der Waals surface area contributed by atoms with Gasteiger partial charge >= 0.3 is 0 Å². The molecule has 0 saturated carbocycles. The summed E-state index contributed by atoms with van der Waals surface area (Å²) < 4.78 is 25.1. The van der Waals surface area contributed by atoms with Crippen LogP contribution in [0.3, 0.4) is 0 Å². The monoisotopic (exact) mass is 263 g/mol. The van der Waals surface area contributed by atoms with Crippen LogP contribution in [0.5, 0.6) is 5.75 Å². The SMILES string of the molecule is Cc1cc(O)ccc1NCc1cccc(C(F)F)c1. The number of hydrogen-bond acceptors (Lipinski definition) is 2. The number of phenolic OH excluding ortho intramolecular Hbond substituents is 1. The number of hydrogen-bond donors (Lipinski definition) is 2. The normalized spacial score (nSPS) is 10.7. The van der Waals surface area contributed by atoms with Gasteiger partial charge in [0.05, 0.1) is 0 Å². The van der Waals surface area contributed by atoms with Crippen LogP contribution in [0.25, 0.3) is 0 Å². The van der Waals surface area contributed by atoms with Gasteiger partial charge in [0.15, 0.2) is 0 Å². The van der Waals surface area contributed by atoms with Crippen molar-refractivity contribution in [2.75, 3.05) is 5.32 Å². The number of alkyl halides is 2. The zero-order chi connectivity index (χ0) is 13.8. The minimum Gasteiger partial charge on any atom is -0.508 e. The first-order valence-electron chi connectivity index (χ1n) is 5.97. The zero-order valence-electron chi connectivity index (χ0n) is 10.5. The second kappa shape index (κ2) is 5.69. The van der Waals surface area contributed by atoms with Gasteiger partial charge in [0, 0.05) is 17.8 Å². The molecule has 0 aliphatic rings. The van der Waals surface area contributed by atoms with Gasteiger partial charge in [-0.25, -0.2) is 8.78 Å². The van der Waals surface area contributed by atoms with Gasteiger partial charge in [-0.15, -0.1) is 0 Å². The summed E-state index contributed by atoms with van der Waals surface area (Å²) in [6.45, 7) is 2.34. The molecule has 2 aromatic carbocycles. The van der Waals surface area contributed by atoms with Crippen molar-refractivity contribution < 1.29 is 13.9 Å². The number of rotatable bonds is 4. The molecule has 0 spiro atoms. The van der Waals surface area contributed by atoms with Crippen LogP contribution < -0.4 is 5.32 Å². The van der Waals surface area contributed by atoms with E-state index >= 15 is 0 Å². The number of aromatic hydroxyl groups is 1. The summed E-state index contributed by atoms with van der Waals surface area (Å²) in [4.78, 5) is 0. The van der Waals surface area contributed by atoms with Crippen molar-refractivity contribution in [1.82, 2.24) is 0 Å². The molecule has 0 bridgehead atoms. The third-order valence-corrected chi connectivity index (χ3v) is 2.90. The molecule has 100 valence electrons. The second-order valence-electron chi connectivity index (χ2n) is 4.40. The lowest BCUT2D eigenvalue weighted by Gasteiger charge is -2.10. The molecule has 19 heavy (non-hydrogen) atoms. The molecule has 0 fully saturated rings. The highest BCUT2D eigenvalue weighted by molar-refractivity contribution is 5.53. The smallest absolute Gasteiger partial charge is 0.263 e. The summed E-state index contributed by atoms with van der Waals surface area (Å²) >= 11 is 0. The van der Waals surface area contributed by atoms with Crippen molar-refractivity contribution in [3.8, 4) is 5.75 Å². The molecular weight excluding hydrogens is 248 g/mol. The quantitative estimate of drug-likeness (QED) is 0.808. The molecule has 2 aromatic rings. The fraction of sp³-hybridized carbons (Fsp3) is 0.200. The summed E-state index contributed by atoms with van der Waals surface area (Å²) in [7, 11) is 0. The first kappa shape index (κ1) is 13.3. The summed E-state index contributed by atoms with van der Waals surface area (Å²) in [5.74, 6) is 0.211. The lowest BCUT2D eigenvalue weighted by atomic mass is 10.1. The molecule has 0 heterocycles. The van der Waals surface area contributed by atoms with Crippen LogP contribution >= 0.6 is 0 Å². The fourth-order valence-corrected chi connectivity index (χ4v) is 1.88. The number of halogens is 2. The van der Waals surface area contributed by atoms with Gasteiger partial charge in [-0.1, -0.05) is 18.2 Å².